The Hall–Kier alpha value is -1.71. The molecule has 2 amide bonds. The predicted octanol–water partition coefficient (Wildman–Crippen LogP) is 2.43. The first-order chi connectivity index (χ1) is 9.26. The Morgan fingerprint density at radius 3 is 3.00 bits per heavy atom. The van der Waals surface area contributed by atoms with E-state index in [0.29, 0.717) is 6.54 Å². The van der Waals surface area contributed by atoms with Crippen LogP contribution in [0.4, 0.5) is 4.79 Å². The van der Waals surface area contributed by atoms with Gasteiger partial charge in [0.25, 0.3) is 0 Å². The second-order valence-electron chi connectivity index (χ2n) is 4.84. The Balaban J connectivity index is 2.07. The summed E-state index contributed by atoms with van der Waals surface area (Å²) in [5.41, 5.74) is 1.17. The van der Waals surface area contributed by atoms with E-state index in [1.807, 2.05) is 30.0 Å². The quantitative estimate of drug-likeness (QED) is 0.905. The number of hydrogen-bond donors (Lipinski definition) is 1. The van der Waals surface area contributed by atoms with Crippen LogP contribution in [0.1, 0.15) is 25.3 Å². The zero-order valence-corrected chi connectivity index (χ0v) is 11.7. The highest BCUT2D eigenvalue weighted by Crippen LogP contribution is 2.25. The van der Waals surface area contributed by atoms with Crippen molar-refractivity contribution in [2.45, 2.75) is 32.2 Å². The molecule has 0 spiro atoms. The summed E-state index contributed by atoms with van der Waals surface area (Å²) in [6, 6.07) is 8.37. The Labute approximate surface area is 114 Å². The molecule has 4 heteroatoms. The van der Waals surface area contributed by atoms with Crippen molar-refractivity contribution >= 4 is 6.03 Å². The molecule has 0 unspecified atom stereocenters. The molecular weight excluding hydrogens is 240 g/mol. The van der Waals surface area contributed by atoms with Crippen molar-refractivity contribution in [1.29, 1.82) is 0 Å². The number of ether oxygens (including phenoxy) is 1. The molecule has 0 saturated carbocycles. The molecule has 1 heterocycles. The maximum atomic E-state index is 12.0. The number of hydrogen-bond acceptors (Lipinski definition) is 2. The van der Waals surface area contributed by atoms with Gasteiger partial charge < -0.3 is 15.0 Å². The SMILES string of the molecule is CCNC(=O)N1CCC[C@H]1Cc1ccccc1OC. The Bertz CT molecular complexity index is 434. The lowest BCUT2D eigenvalue weighted by molar-refractivity contribution is 0.192. The second kappa shape index (κ2) is 6.45. The van der Waals surface area contributed by atoms with Crippen LogP contribution in [-0.4, -0.2) is 37.2 Å². The first-order valence-electron chi connectivity index (χ1n) is 6.92. The normalized spacial score (nSPS) is 18.4. The van der Waals surface area contributed by atoms with Crippen molar-refractivity contribution in [2.75, 3.05) is 20.2 Å². The van der Waals surface area contributed by atoms with Crippen molar-refractivity contribution in [3.63, 3.8) is 0 Å². The molecule has 19 heavy (non-hydrogen) atoms. The topological polar surface area (TPSA) is 41.6 Å². The lowest BCUT2D eigenvalue weighted by Gasteiger charge is -2.25. The van der Waals surface area contributed by atoms with Gasteiger partial charge >= 0.3 is 6.03 Å². The summed E-state index contributed by atoms with van der Waals surface area (Å²) in [6.07, 6.45) is 3.01. The van der Waals surface area contributed by atoms with Gasteiger partial charge in [-0.15, -0.1) is 0 Å². The minimum absolute atomic E-state index is 0.0555. The van der Waals surface area contributed by atoms with Crippen LogP contribution in [0.5, 0.6) is 5.75 Å². The number of benzene rings is 1. The third-order valence-corrected chi connectivity index (χ3v) is 3.61. The van der Waals surface area contributed by atoms with Crippen LogP contribution in [0.3, 0.4) is 0 Å². The van der Waals surface area contributed by atoms with E-state index in [1.54, 1.807) is 7.11 Å². The van der Waals surface area contributed by atoms with E-state index in [-0.39, 0.29) is 12.1 Å². The molecule has 0 radical (unpaired) electrons. The minimum atomic E-state index is 0.0555. The number of amides is 2. The molecular formula is C15H22N2O2. The smallest absolute Gasteiger partial charge is 0.317 e. The van der Waals surface area contributed by atoms with Crippen molar-refractivity contribution in [1.82, 2.24) is 10.2 Å². The average molecular weight is 262 g/mol. The Kier molecular flexibility index (Phi) is 4.66. The van der Waals surface area contributed by atoms with E-state index in [1.165, 1.54) is 5.56 Å². The molecule has 0 aliphatic carbocycles. The summed E-state index contributed by atoms with van der Waals surface area (Å²) in [4.78, 5) is 13.9. The van der Waals surface area contributed by atoms with E-state index in [9.17, 15) is 4.79 Å². The fraction of sp³-hybridized carbons (Fsp3) is 0.533. The van der Waals surface area contributed by atoms with E-state index in [0.717, 1.165) is 31.6 Å². The fourth-order valence-corrected chi connectivity index (χ4v) is 2.69. The summed E-state index contributed by atoms with van der Waals surface area (Å²) < 4.78 is 5.38. The first kappa shape index (κ1) is 13.7. The van der Waals surface area contributed by atoms with E-state index < -0.39 is 0 Å². The van der Waals surface area contributed by atoms with Gasteiger partial charge in [-0.05, 0) is 37.8 Å². The van der Waals surface area contributed by atoms with Crippen molar-refractivity contribution in [2.24, 2.45) is 0 Å². The molecule has 4 nitrogen and oxygen atoms in total. The highest BCUT2D eigenvalue weighted by Gasteiger charge is 2.28. The fourth-order valence-electron chi connectivity index (χ4n) is 2.69. The molecule has 1 aromatic rings. The van der Waals surface area contributed by atoms with Gasteiger partial charge in [0, 0.05) is 19.1 Å². The molecule has 0 bridgehead atoms. The van der Waals surface area contributed by atoms with Gasteiger partial charge in [-0.3, -0.25) is 0 Å². The zero-order valence-electron chi connectivity index (χ0n) is 11.7. The molecule has 1 N–H and O–H groups in total. The van der Waals surface area contributed by atoms with Gasteiger partial charge in [-0.2, -0.15) is 0 Å². The number of carbonyl (C=O) groups excluding carboxylic acids is 1. The van der Waals surface area contributed by atoms with Crippen molar-refractivity contribution in [3.8, 4) is 5.75 Å². The number of rotatable bonds is 4. The van der Waals surface area contributed by atoms with Crippen LogP contribution in [0.15, 0.2) is 24.3 Å². The van der Waals surface area contributed by atoms with Gasteiger partial charge in [0.2, 0.25) is 0 Å². The van der Waals surface area contributed by atoms with Crippen LogP contribution >= 0.6 is 0 Å². The number of likely N-dealkylation sites (tertiary alicyclic amines) is 1. The minimum Gasteiger partial charge on any atom is -0.496 e. The summed E-state index contributed by atoms with van der Waals surface area (Å²) >= 11 is 0. The van der Waals surface area contributed by atoms with E-state index >= 15 is 0 Å². The van der Waals surface area contributed by atoms with Gasteiger partial charge in [-0.1, -0.05) is 18.2 Å². The Morgan fingerprint density at radius 2 is 2.26 bits per heavy atom. The lowest BCUT2D eigenvalue weighted by Crippen LogP contribution is -2.43. The molecule has 1 aliphatic heterocycles. The molecule has 1 aromatic carbocycles. The molecule has 2 rings (SSSR count). The predicted molar refractivity (Wildman–Crippen MR) is 75.5 cm³/mol. The summed E-state index contributed by atoms with van der Waals surface area (Å²) in [5, 5.41) is 2.89. The Morgan fingerprint density at radius 1 is 1.47 bits per heavy atom. The van der Waals surface area contributed by atoms with Gasteiger partial charge in [0.05, 0.1) is 7.11 Å². The maximum Gasteiger partial charge on any atom is 0.317 e. The van der Waals surface area contributed by atoms with Gasteiger partial charge in [0.1, 0.15) is 5.75 Å². The molecule has 1 atom stereocenters. The van der Waals surface area contributed by atoms with Gasteiger partial charge in [0.15, 0.2) is 0 Å². The van der Waals surface area contributed by atoms with Crippen LogP contribution in [0.2, 0.25) is 0 Å². The third kappa shape index (κ3) is 3.19. The van der Waals surface area contributed by atoms with Crippen LogP contribution < -0.4 is 10.1 Å². The number of nitrogens with zero attached hydrogens (tertiary/aromatic N) is 1. The average Bonchev–Trinajstić information content (AvgIpc) is 2.88. The number of urea groups is 1. The van der Waals surface area contributed by atoms with Crippen LogP contribution in [0.25, 0.3) is 0 Å². The van der Waals surface area contributed by atoms with Crippen LogP contribution in [-0.2, 0) is 6.42 Å². The molecule has 104 valence electrons. The zero-order chi connectivity index (χ0) is 13.7. The number of nitrogens with one attached hydrogen (secondary N) is 1. The third-order valence-electron chi connectivity index (χ3n) is 3.61. The molecule has 1 saturated heterocycles. The first-order valence-corrected chi connectivity index (χ1v) is 6.92. The molecule has 1 fully saturated rings. The standard InChI is InChI=1S/C15H22N2O2/c1-3-16-15(18)17-10-6-8-13(17)11-12-7-4-5-9-14(12)19-2/h4-5,7,9,13H,3,6,8,10-11H2,1-2H3,(H,16,18)/t13-/m0/s1. The van der Waals surface area contributed by atoms with E-state index in [4.69, 9.17) is 4.74 Å². The lowest BCUT2D eigenvalue weighted by atomic mass is 10.0. The van der Waals surface area contributed by atoms with E-state index in [2.05, 4.69) is 11.4 Å². The van der Waals surface area contributed by atoms with Crippen molar-refractivity contribution < 1.29 is 9.53 Å². The summed E-state index contributed by atoms with van der Waals surface area (Å²) in [6.45, 7) is 3.48. The number of methoxy groups -OCH3 is 1. The highest BCUT2D eigenvalue weighted by molar-refractivity contribution is 5.74. The number of carbonyl (C=O) groups is 1. The molecule has 1 aliphatic rings. The second-order valence-corrected chi connectivity index (χ2v) is 4.84. The molecule has 0 aromatic heterocycles. The monoisotopic (exact) mass is 262 g/mol. The van der Waals surface area contributed by atoms with Gasteiger partial charge in [-0.25, -0.2) is 4.79 Å². The van der Waals surface area contributed by atoms with Crippen LogP contribution in [0, 0.1) is 0 Å². The summed E-state index contributed by atoms with van der Waals surface area (Å²) in [7, 11) is 1.69. The largest absolute Gasteiger partial charge is 0.496 e. The maximum absolute atomic E-state index is 12.0. The summed E-state index contributed by atoms with van der Waals surface area (Å²) in [5.74, 6) is 0.908. The van der Waals surface area contributed by atoms with Crippen molar-refractivity contribution in [3.05, 3.63) is 29.8 Å². The highest BCUT2D eigenvalue weighted by atomic mass is 16.5. The number of para-hydroxylation sites is 1.